The van der Waals surface area contributed by atoms with Gasteiger partial charge in [-0.1, -0.05) is 25.4 Å². The van der Waals surface area contributed by atoms with Gasteiger partial charge in [-0.2, -0.15) is 0 Å². The summed E-state index contributed by atoms with van der Waals surface area (Å²) in [5.41, 5.74) is 6.32. The van der Waals surface area contributed by atoms with Gasteiger partial charge in [-0.25, -0.2) is 4.98 Å². The highest BCUT2D eigenvalue weighted by Gasteiger charge is 2.14. The van der Waals surface area contributed by atoms with Crippen LogP contribution in [0.1, 0.15) is 37.0 Å². The maximum atomic E-state index is 11.9. The van der Waals surface area contributed by atoms with Crippen molar-refractivity contribution in [1.29, 1.82) is 0 Å². The lowest BCUT2D eigenvalue weighted by Crippen LogP contribution is -2.34. The summed E-state index contributed by atoms with van der Waals surface area (Å²) in [5, 5.41) is 3.06. The Morgan fingerprint density at radius 3 is 2.75 bits per heavy atom. The van der Waals surface area contributed by atoms with Crippen molar-refractivity contribution in [3.63, 3.8) is 0 Å². The van der Waals surface area contributed by atoms with Crippen LogP contribution in [-0.2, 0) is 0 Å². The van der Waals surface area contributed by atoms with Crippen LogP contribution in [0.3, 0.4) is 0 Å². The van der Waals surface area contributed by atoms with Crippen molar-refractivity contribution in [2.75, 3.05) is 5.73 Å². The second-order valence-corrected chi connectivity index (χ2v) is 3.95. The van der Waals surface area contributed by atoms with Gasteiger partial charge in [0, 0.05) is 6.04 Å². The molecular weight excluding hydrogens is 226 g/mol. The first-order valence-corrected chi connectivity index (χ1v) is 5.68. The van der Waals surface area contributed by atoms with E-state index in [1.54, 1.807) is 0 Å². The van der Waals surface area contributed by atoms with Gasteiger partial charge in [0.25, 0.3) is 5.91 Å². The van der Waals surface area contributed by atoms with E-state index in [1.807, 2.05) is 13.8 Å². The summed E-state index contributed by atoms with van der Waals surface area (Å²) < 4.78 is 0. The monoisotopic (exact) mass is 241 g/mol. The predicted octanol–water partition coefficient (Wildman–Crippen LogP) is 2.24. The SMILES string of the molecule is CCC(CC)NC(=O)c1cc(N)cnc1Cl. The standard InChI is InChI=1S/C11H16ClN3O/c1-3-8(4-2)15-11(16)9-5-7(13)6-14-10(9)12/h5-6,8H,3-4,13H2,1-2H3,(H,15,16). The molecule has 88 valence electrons. The number of carbonyl (C=O) groups is 1. The van der Waals surface area contributed by atoms with Crippen LogP contribution in [0.4, 0.5) is 5.69 Å². The van der Waals surface area contributed by atoms with E-state index in [9.17, 15) is 4.79 Å². The number of nitrogens with zero attached hydrogens (tertiary/aromatic N) is 1. The van der Waals surface area contributed by atoms with Crippen LogP contribution in [-0.4, -0.2) is 16.9 Å². The van der Waals surface area contributed by atoms with Gasteiger partial charge in [0.05, 0.1) is 17.4 Å². The third-order valence-corrected chi connectivity index (χ3v) is 2.73. The zero-order valence-electron chi connectivity index (χ0n) is 9.46. The maximum Gasteiger partial charge on any atom is 0.254 e. The molecule has 0 fully saturated rings. The van der Waals surface area contributed by atoms with E-state index in [2.05, 4.69) is 10.3 Å². The summed E-state index contributed by atoms with van der Waals surface area (Å²) in [6.07, 6.45) is 3.20. The minimum absolute atomic E-state index is 0.157. The fraction of sp³-hybridized carbons (Fsp3) is 0.455. The van der Waals surface area contributed by atoms with Gasteiger partial charge in [-0.05, 0) is 18.9 Å². The van der Waals surface area contributed by atoms with E-state index >= 15 is 0 Å². The molecule has 16 heavy (non-hydrogen) atoms. The van der Waals surface area contributed by atoms with E-state index in [0.29, 0.717) is 11.3 Å². The molecule has 3 N–H and O–H groups in total. The third-order valence-electron chi connectivity index (χ3n) is 2.43. The number of nitrogens with one attached hydrogen (secondary N) is 1. The largest absolute Gasteiger partial charge is 0.397 e. The van der Waals surface area contributed by atoms with Crippen molar-refractivity contribution in [3.8, 4) is 0 Å². The lowest BCUT2D eigenvalue weighted by molar-refractivity contribution is 0.0934. The molecule has 0 aromatic carbocycles. The molecule has 0 atom stereocenters. The van der Waals surface area contributed by atoms with E-state index < -0.39 is 0 Å². The molecular formula is C11H16ClN3O. The normalized spacial score (nSPS) is 10.5. The second kappa shape index (κ2) is 5.70. The fourth-order valence-electron chi connectivity index (χ4n) is 1.38. The molecule has 1 amide bonds. The summed E-state index contributed by atoms with van der Waals surface area (Å²) in [5.74, 6) is -0.224. The Morgan fingerprint density at radius 2 is 2.19 bits per heavy atom. The van der Waals surface area contributed by atoms with Crippen molar-refractivity contribution >= 4 is 23.2 Å². The number of aromatic nitrogens is 1. The lowest BCUT2D eigenvalue weighted by atomic mass is 10.1. The molecule has 0 aliphatic carbocycles. The summed E-state index contributed by atoms with van der Waals surface area (Å²) in [6, 6.07) is 1.69. The summed E-state index contributed by atoms with van der Waals surface area (Å²) in [7, 11) is 0. The highest BCUT2D eigenvalue weighted by Crippen LogP contribution is 2.15. The van der Waals surface area contributed by atoms with Crippen LogP contribution in [0.2, 0.25) is 5.15 Å². The highest BCUT2D eigenvalue weighted by molar-refractivity contribution is 6.32. The Hall–Kier alpha value is -1.29. The van der Waals surface area contributed by atoms with Crippen LogP contribution < -0.4 is 11.1 Å². The van der Waals surface area contributed by atoms with E-state index in [1.165, 1.54) is 12.3 Å². The topological polar surface area (TPSA) is 68.0 Å². The number of rotatable bonds is 4. The predicted molar refractivity (Wildman–Crippen MR) is 65.5 cm³/mol. The number of hydrogen-bond acceptors (Lipinski definition) is 3. The second-order valence-electron chi connectivity index (χ2n) is 3.59. The fourth-order valence-corrected chi connectivity index (χ4v) is 1.57. The van der Waals surface area contributed by atoms with Gasteiger partial charge in [0.1, 0.15) is 5.15 Å². The third kappa shape index (κ3) is 3.10. The van der Waals surface area contributed by atoms with Gasteiger partial charge in [-0.3, -0.25) is 4.79 Å². The molecule has 1 aromatic heterocycles. The highest BCUT2D eigenvalue weighted by atomic mass is 35.5. The molecule has 4 nitrogen and oxygen atoms in total. The molecule has 0 aliphatic heterocycles. The number of amides is 1. The molecule has 1 heterocycles. The van der Waals surface area contributed by atoms with E-state index in [4.69, 9.17) is 17.3 Å². The molecule has 1 aromatic rings. The zero-order chi connectivity index (χ0) is 12.1. The molecule has 0 unspecified atom stereocenters. The number of carbonyl (C=O) groups excluding carboxylic acids is 1. The molecule has 0 radical (unpaired) electrons. The van der Waals surface area contributed by atoms with Gasteiger partial charge >= 0.3 is 0 Å². The Balaban J connectivity index is 2.83. The van der Waals surface area contributed by atoms with Crippen LogP contribution in [0, 0.1) is 0 Å². The Bertz CT molecular complexity index is 377. The van der Waals surface area contributed by atoms with Crippen LogP contribution in [0.5, 0.6) is 0 Å². The van der Waals surface area contributed by atoms with Gasteiger partial charge in [0.15, 0.2) is 0 Å². The van der Waals surface area contributed by atoms with Crippen molar-refractivity contribution in [3.05, 3.63) is 23.0 Å². The van der Waals surface area contributed by atoms with Crippen LogP contribution in [0.25, 0.3) is 0 Å². The number of pyridine rings is 1. The molecule has 5 heteroatoms. The lowest BCUT2D eigenvalue weighted by Gasteiger charge is -2.15. The maximum absolute atomic E-state index is 11.9. The van der Waals surface area contributed by atoms with Crippen LogP contribution >= 0.6 is 11.6 Å². The van der Waals surface area contributed by atoms with Crippen molar-refractivity contribution in [2.45, 2.75) is 32.7 Å². The number of hydrogen-bond donors (Lipinski definition) is 2. The van der Waals surface area contributed by atoms with Gasteiger partial charge in [0.2, 0.25) is 0 Å². The number of halogens is 1. The first-order chi connectivity index (χ1) is 7.58. The van der Waals surface area contributed by atoms with Gasteiger partial charge < -0.3 is 11.1 Å². The number of nitrogens with two attached hydrogens (primary N) is 1. The molecule has 0 saturated carbocycles. The van der Waals surface area contributed by atoms with Crippen molar-refractivity contribution < 1.29 is 4.79 Å². The first kappa shape index (κ1) is 12.8. The zero-order valence-corrected chi connectivity index (χ0v) is 10.2. The minimum atomic E-state index is -0.224. The van der Waals surface area contributed by atoms with Crippen LogP contribution in [0.15, 0.2) is 12.3 Å². The molecule has 0 bridgehead atoms. The quantitative estimate of drug-likeness (QED) is 0.795. The minimum Gasteiger partial charge on any atom is -0.397 e. The molecule has 0 spiro atoms. The Labute approximate surface area is 100 Å². The molecule has 0 saturated heterocycles. The van der Waals surface area contributed by atoms with Crippen molar-refractivity contribution in [1.82, 2.24) is 10.3 Å². The number of anilines is 1. The molecule has 1 rings (SSSR count). The van der Waals surface area contributed by atoms with E-state index in [0.717, 1.165) is 12.8 Å². The molecule has 0 aliphatic rings. The Morgan fingerprint density at radius 1 is 1.56 bits per heavy atom. The first-order valence-electron chi connectivity index (χ1n) is 5.30. The van der Waals surface area contributed by atoms with Gasteiger partial charge in [-0.15, -0.1) is 0 Å². The Kier molecular flexibility index (Phi) is 4.55. The smallest absolute Gasteiger partial charge is 0.254 e. The summed E-state index contributed by atoms with van der Waals surface area (Å²) in [4.78, 5) is 15.7. The number of nitrogen functional groups attached to an aromatic ring is 1. The van der Waals surface area contributed by atoms with Crippen molar-refractivity contribution in [2.24, 2.45) is 0 Å². The summed E-state index contributed by atoms with van der Waals surface area (Å²) in [6.45, 7) is 4.04. The average Bonchev–Trinajstić information content (AvgIpc) is 2.28. The van der Waals surface area contributed by atoms with E-state index in [-0.39, 0.29) is 17.1 Å². The average molecular weight is 242 g/mol. The summed E-state index contributed by atoms with van der Waals surface area (Å²) >= 11 is 5.83.